The average molecular weight is 577 g/mol. The SMILES string of the molecule is CCCCCCCCCCCCCCCCOCCCOP(N)(=O)Oc1ccccc1-c1ccc([N+](=O)[O-])cc1. The summed E-state index contributed by atoms with van der Waals surface area (Å²) in [5, 5.41) is 10.9. The van der Waals surface area contributed by atoms with E-state index in [1.807, 2.05) is 0 Å². The third-order valence-electron chi connectivity index (χ3n) is 6.85. The Labute approximate surface area is 240 Å². The Kier molecular flexibility index (Phi) is 17.5. The van der Waals surface area contributed by atoms with E-state index in [2.05, 4.69) is 6.92 Å². The van der Waals surface area contributed by atoms with Crippen molar-refractivity contribution in [3.63, 3.8) is 0 Å². The number of nitro groups is 1. The lowest BCUT2D eigenvalue weighted by atomic mass is 10.0. The molecule has 0 fully saturated rings. The number of para-hydroxylation sites is 1. The fourth-order valence-corrected chi connectivity index (χ4v) is 5.43. The molecule has 0 aliphatic carbocycles. The van der Waals surface area contributed by atoms with Crippen molar-refractivity contribution < 1.29 is 23.3 Å². The molecule has 40 heavy (non-hydrogen) atoms. The molecule has 2 N–H and O–H groups in total. The predicted molar refractivity (Wildman–Crippen MR) is 163 cm³/mol. The highest BCUT2D eigenvalue weighted by Crippen LogP contribution is 2.44. The highest BCUT2D eigenvalue weighted by molar-refractivity contribution is 7.51. The molecule has 0 bridgehead atoms. The molecule has 0 heterocycles. The van der Waals surface area contributed by atoms with Crippen LogP contribution in [0.4, 0.5) is 5.69 Å². The number of rotatable bonds is 24. The molecule has 9 heteroatoms. The molecule has 224 valence electrons. The van der Waals surface area contributed by atoms with Gasteiger partial charge >= 0.3 is 7.75 Å². The molecule has 2 aromatic rings. The van der Waals surface area contributed by atoms with Crippen LogP contribution >= 0.6 is 7.75 Å². The summed E-state index contributed by atoms with van der Waals surface area (Å²) in [6.07, 6.45) is 19.2. The van der Waals surface area contributed by atoms with E-state index < -0.39 is 12.7 Å². The third-order valence-corrected chi connectivity index (χ3v) is 7.84. The Balaban J connectivity index is 1.50. The molecule has 0 amide bonds. The Morgan fingerprint density at radius 3 is 1.82 bits per heavy atom. The van der Waals surface area contributed by atoms with Gasteiger partial charge in [-0.15, -0.1) is 0 Å². The number of nitro benzene ring substituents is 1. The lowest BCUT2D eigenvalue weighted by Gasteiger charge is -2.17. The smallest absolute Gasteiger partial charge is 0.413 e. The first-order chi connectivity index (χ1) is 19.4. The molecule has 0 aliphatic rings. The van der Waals surface area contributed by atoms with Crippen molar-refractivity contribution in [3.8, 4) is 16.9 Å². The normalized spacial score (nSPS) is 12.8. The molecular formula is C31H49N2O6P. The number of benzene rings is 2. The van der Waals surface area contributed by atoms with E-state index in [1.165, 1.54) is 95.6 Å². The molecule has 1 atom stereocenters. The monoisotopic (exact) mass is 576 g/mol. The molecule has 2 aromatic carbocycles. The maximum Gasteiger partial charge on any atom is 0.456 e. The number of hydrogen-bond acceptors (Lipinski definition) is 6. The van der Waals surface area contributed by atoms with Crippen LogP contribution in [0, 0.1) is 10.1 Å². The summed E-state index contributed by atoms with van der Waals surface area (Å²) < 4.78 is 29.3. The molecule has 0 saturated carbocycles. The molecule has 2 rings (SSSR count). The lowest BCUT2D eigenvalue weighted by molar-refractivity contribution is -0.384. The van der Waals surface area contributed by atoms with Crippen molar-refractivity contribution in [2.45, 2.75) is 103 Å². The van der Waals surface area contributed by atoms with Gasteiger partial charge < -0.3 is 9.26 Å². The Morgan fingerprint density at radius 2 is 1.25 bits per heavy atom. The molecule has 1 unspecified atom stereocenters. The van der Waals surface area contributed by atoms with Crippen LogP contribution in [0.25, 0.3) is 11.1 Å². The zero-order valence-electron chi connectivity index (χ0n) is 24.3. The largest absolute Gasteiger partial charge is 0.456 e. The van der Waals surface area contributed by atoms with Crippen molar-refractivity contribution in [2.75, 3.05) is 19.8 Å². The van der Waals surface area contributed by atoms with Crippen molar-refractivity contribution in [1.29, 1.82) is 0 Å². The van der Waals surface area contributed by atoms with Gasteiger partial charge in [-0.05, 0) is 36.6 Å². The zero-order valence-corrected chi connectivity index (χ0v) is 25.2. The van der Waals surface area contributed by atoms with Crippen LogP contribution in [0.3, 0.4) is 0 Å². The van der Waals surface area contributed by atoms with Gasteiger partial charge in [-0.3, -0.25) is 14.6 Å². The quantitative estimate of drug-likeness (QED) is 0.0572. The minimum Gasteiger partial charge on any atom is -0.413 e. The predicted octanol–water partition coefficient (Wildman–Crippen LogP) is 9.61. The number of unbranched alkanes of at least 4 members (excludes halogenated alkanes) is 13. The minimum absolute atomic E-state index is 0.0125. The van der Waals surface area contributed by atoms with Crippen LogP contribution in [0.5, 0.6) is 5.75 Å². The second-order valence-corrected chi connectivity index (χ2v) is 11.8. The Hall–Kier alpha value is -2.25. The maximum atomic E-state index is 12.7. The summed E-state index contributed by atoms with van der Waals surface area (Å²) in [7, 11) is -3.84. The standard InChI is InChI=1S/C31H49N2O6P/c1-2-3-4-5-6-7-8-9-10-11-12-13-14-17-25-37-26-18-27-38-40(32,36)39-31-20-16-15-19-30(31)28-21-23-29(24-22-28)33(34)35/h15-16,19-24H,2-14,17-18,25-27H2,1H3,(H2,32,36). The van der Waals surface area contributed by atoms with E-state index in [4.69, 9.17) is 19.3 Å². The minimum atomic E-state index is -3.84. The number of hydrogen-bond donors (Lipinski definition) is 1. The van der Waals surface area contributed by atoms with Crippen molar-refractivity contribution in [3.05, 3.63) is 58.6 Å². The zero-order chi connectivity index (χ0) is 28.9. The number of nitrogens with two attached hydrogens (primary N) is 1. The first-order valence-corrected chi connectivity index (χ1v) is 16.7. The van der Waals surface area contributed by atoms with E-state index in [0.29, 0.717) is 24.2 Å². The highest BCUT2D eigenvalue weighted by atomic mass is 31.2. The van der Waals surface area contributed by atoms with E-state index in [-0.39, 0.29) is 18.0 Å². The van der Waals surface area contributed by atoms with Gasteiger partial charge in [0.25, 0.3) is 5.69 Å². The summed E-state index contributed by atoms with van der Waals surface area (Å²) in [5.74, 6) is 0.288. The first-order valence-electron chi connectivity index (χ1n) is 15.1. The topological polar surface area (TPSA) is 114 Å². The molecular weight excluding hydrogens is 527 g/mol. The van der Waals surface area contributed by atoms with E-state index >= 15 is 0 Å². The van der Waals surface area contributed by atoms with Gasteiger partial charge in [-0.1, -0.05) is 109 Å². The van der Waals surface area contributed by atoms with Crippen LogP contribution in [0.1, 0.15) is 103 Å². The fraction of sp³-hybridized carbons (Fsp3) is 0.613. The van der Waals surface area contributed by atoms with Gasteiger partial charge in [0.2, 0.25) is 0 Å². The first kappa shape index (κ1) is 34.0. The number of nitrogens with zero attached hydrogens (tertiary/aromatic N) is 1. The van der Waals surface area contributed by atoms with Gasteiger partial charge in [0.05, 0.1) is 11.5 Å². The van der Waals surface area contributed by atoms with Gasteiger partial charge in [0.15, 0.2) is 0 Å². The van der Waals surface area contributed by atoms with Crippen molar-refractivity contribution in [1.82, 2.24) is 0 Å². The lowest BCUT2D eigenvalue weighted by Crippen LogP contribution is -2.09. The Morgan fingerprint density at radius 1 is 0.725 bits per heavy atom. The third kappa shape index (κ3) is 14.9. The molecule has 8 nitrogen and oxygen atoms in total. The maximum absolute atomic E-state index is 12.7. The summed E-state index contributed by atoms with van der Waals surface area (Å²) in [6, 6.07) is 13.0. The summed E-state index contributed by atoms with van der Waals surface area (Å²) >= 11 is 0. The van der Waals surface area contributed by atoms with Gasteiger partial charge in [0.1, 0.15) is 5.75 Å². The van der Waals surface area contributed by atoms with Crippen LogP contribution in [-0.4, -0.2) is 24.7 Å². The van der Waals surface area contributed by atoms with E-state index in [0.717, 1.165) is 13.0 Å². The summed E-state index contributed by atoms with van der Waals surface area (Å²) in [4.78, 5) is 10.5. The summed E-state index contributed by atoms with van der Waals surface area (Å²) in [5.41, 5.74) is 7.10. The molecule has 0 spiro atoms. The second kappa shape index (κ2) is 20.6. The van der Waals surface area contributed by atoms with Crippen molar-refractivity contribution in [2.24, 2.45) is 5.50 Å². The van der Waals surface area contributed by atoms with Crippen LogP contribution in [-0.2, 0) is 13.8 Å². The number of ether oxygens (including phenoxy) is 1. The summed E-state index contributed by atoms with van der Waals surface area (Å²) in [6.45, 7) is 3.66. The number of non-ortho nitro benzene ring substituents is 1. The molecule has 0 aliphatic heterocycles. The van der Waals surface area contributed by atoms with Gasteiger partial charge in [-0.2, -0.15) is 0 Å². The van der Waals surface area contributed by atoms with Crippen molar-refractivity contribution >= 4 is 13.4 Å². The Bertz CT molecular complexity index is 1000. The van der Waals surface area contributed by atoms with Gasteiger partial charge in [-0.25, -0.2) is 10.1 Å². The van der Waals surface area contributed by atoms with Gasteiger partial charge in [0, 0.05) is 30.9 Å². The van der Waals surface area contributed by atoms with Crippen LogP contribution < -0.4 is 10.0 Å². The fourth-order valence-electron chi connectivity index (χ4n) is 4.56. The molecule has 0 saturated heterocycles. The van der Waals surface area contributed by atoms with E-state index in [1.54, 1.807) is 36.4 Å². The highest BCUT2D eigenvalue weighted by Gasteiger charge is 2.22. The average Bonchev–Trinajstić information content (AvgIpc) is 2.94. The molecule has 0 radical (unpaired) electrons. The van der Waals surface area contributed by atoms with E-state index in [9.17, 15) is 14.7 Å². The van der Waals surface area contributed by atoms with Crippen LogP contribution in [0.15, 0.2) is 48.5 Å². The van der Waals surface area contributed by atoms with Crippen LogP contribution in [0.2, 0.25) is 0 Å². The molecule has 0 aromatic heterocycles. The second-order valence-electron chi connectivity index (χ2n) is 10.3.